The van der Waals surface area contributed by atoms with Gasteiger partial charge in [-0.3, -0.25) is 4.98 Å². The van der Waals surface area contributed by atoms with E-state index in [1.54, 1.807) is 0 Å². The number of rotatable bonds is 3. The SMILES string of the molecule is Cc1ncc(-c2cncc([C@H](C)C(C)C)c2)cn1. The number of hydrogen-bond donors (Lipinski definition) is 0. The Balaban J connectivity index is 2.35. The second-order valence-corrected chi connectivity index (χ2v) is 5.06. The number of nitrogens with zero attached hydrogens (tertiary/aromatic N) is 3. The number of hydrogen-bond acceptors (Lipinski definition) is 3. The highest BCUT2D eigenvalue weighted by Gasteiger charge is 2.11. The van der Waals surface area contributed by atoms with Gasteiger partial charge in [-0.2, -0.15) is 0 Å². The van der Waals surface area contributed by atoms with E-state index in [9.17, 15) is 0 Å². The van der Waals surface area contributed by atoms with Crippen LogP contribution in [-0.4, -0.2) is 15.0 Å². The predicted octanol–water partition coefficient (Wildman–Crippen LogP) is 3.61. The molecule has 3 heteroatoms. The van der Waals surface area contributed by atoms with E-state index in [0.717, 1.165) is 17.0 Å². The van der Waals surface area contributed by atoms with Gasteiger partial charge in [-0.1, -0.05) is 20.8 Å². The van der Waals surface area contributed by atoms with Gasteiger partial charge in [0.15, 0.2) is 0 Å². The molecule has 1 atom stereocenters. The van der Waals surface area contributed by atoms with Crippen molar-refractivity contribution in [2.75, 3.05) is 0 Å². The fourth-order valence-electron chi connectivity index (χ4n) is 1.79. The van der Waals surface area contributed by atoms with Crippen LogP contribution in [0.1, 0.15) is 38.1 Å². The highest BCUT2D eigenvalue weighted by Crippen LogP contribution is 2.26. The molecule has 0 radical (unpaired) electrons. The molecule has 0 unspecified atom stereocenters. The Morgan fingerprint density at radius 3 is 2.17 bits per heavy atom. The lowest BCUT2D eigenvalue weighted by molar-refractivity contribution is 0.534. The van der Waals surface area contributed by atoms with Crippen molar-refractivity contribution in [1.29, 1.82) is 0 Å². The zero-order chi connectivity index (χ0) is 13.1. The molecule has 2 aromatic rings. The summed E-state index contributed by atoms with van der Waals surface area (Å²) in [6.07, 6.45) is 7.51. The second-order valence-electron chi connectivity index (χ2n) is 5.06. The summed E-state index contributed by atoms with van der Waals surface area (Å²) in [5.41, 5.74) is 3.37. The molecule has 2 heterocycles. The van der Waals surface area contributed by atoms with Gasteiger partial charge < -0.3 is 0 Å². The van der Waals surface area contributed by atoms with Crippen LogP contribution in [-0.2, 0) is 0 Å². The van der Waals surface area contributed by atoms with Crippen molar-refractivity contribution < 1.29 is 0 Å². The summed E-state index contributed by atoms with van der Waals surface area (Å²) in [7, 11) is 0. The fraction of sp³-hybridized carbons (Fsp3) is 0.400. The van der Waals surface area contributed by atoms with Crippen LogP contribution >= 0.6 is 0 Å². The van der Waals surface area contributed by atoms with Gasteiger partial charge in [-0.05, 0) is 30.4 Å². The van der Waals surface area contributed by atoms with E-state index >= 15 is 0 Å². The Morgan fingerprint density at radius 1 is 0.889 bits per heavy atom. The van der Waals surface area contributed by atoms with Gasteiger partial charge in [-0.25, -0.2) is 9.97 Å². The molecule has 0 spiro atoms. The average Bonchev–Trinajstić information content (AvgIpc) is 2.38. The topological polar surface area (TPSA) is 38.7 Å². The minimum atomic E-state index is 0.504. The molecule has 0 fully saturated rings. The lowest BCUT2D eigenvalue weighted by Crippen LogP contribution is -2.02. The van der Waals surface area contributed by atoms with E-state index in [2.05, 4.69) is 41.8 Å². The van der Waals surface area contributed by atoms with Crippen LogP contribution in [0, 0.1) is 12.8 Å². The van der Waals surface area contributed by atoms with E-state index in [4.69, 9.17) is 0 Å². The van der Waals surface area contributed by atoms with Crippen molar-refractivity contribution in [2.24, 2.45) is 5.92 Å². The van der Waals surface area contributed by atoms with Crippen LogP contribution < -0.4 is 0 Å². The third-order valence-electron chi connectivity index (χ3n) is 3.40. The molecule has 0 amide bonds. The minimum absolute atomic E-state index is 0.504. The highest BCUT2D eigenvalue weighted by atomic mass is 14.8. The van der Waals surface area contributed by atoms with Gasteiger partial charge in [-0.15, -0.1) is 0 Å². The van der Waals surface area contributed by atoms with E-state index in [1.165, 1.54) is 5.56 Å². The molecule has 0 aromatic carbocycles. The highest BCUT2D eigenvalue weighted by molar-refractivity contribution is 5.61. The predicted molar refractivity (Wildman–Crippen MR) is 73.3 cm³/mol. The number of aryl methyl sites for hydroxylation is 1. The van der Waals surface area contributed by atoms with Crippen LogP contribution in [0.15, 0.2) is 30.9 Å². The zero-order valence-corrected chi connectivity index (χ0v) is 11.4. The first-order valence-corrected chi connectivity index (χ1v) is 6.32. The summed E-state index contributed by atoms with van der Waals surface area (Å²) in [6, 6.07) is 2.19. The van der Waals surface area contributed by atoms with Gasteiger partial charge in [0.1, 0.15) is 5.82 Å². The summed E-state index contributed by atoms with van der Waals surface area (Å²) < 4.78 is 0. The molecule has 0 bridgehead atoms. The quantitative estimate of drug-likeness (QED) is 0.824. The molecule has 0 aliphatic heterocycles. The van der Waals surface area contributed by atoms with E-state index in [0.29, 0.717) is 11.8 Å². The van der Waals surface area contributed by atoms with Crippen LogP contribution in [0.2, 0.25) is 0 Å². The van der Waals surface area contributed by atoms with Crippen LogP contribution in [0.25, 0.3) is 11.1 Å². The maximum Gasteiger partial charge on any atom is 0.125 e. The first-order chi connectivity index (χ1) is 8.58. The Labute approximate surface area is 108 Å². The van der Waals surface area contributed by atoms with Crippen LogP contribution in [0.4, 0.5) is 0 Å². The molecule has 2 aromatic heterocycles. The summed E-state index contributed by atoms with van der Waals surface area (Å²) in [6.45, 7) is 8.58. The molecule has 0 saturated heterocycles. The Kier molecular flexibility index (Phi) is 3.70. The third-order valence-corrected chi connectivity index (χ3v) is 3.40. The average molecular weight is 241 g/mol. The normalized spacial score (nSPS) is 12.7. The van der Waals surface area contributed by atoms with Gasteiger partial charge in [0, 0.05) is 35.9 Å². The van der Waals surface area contributed by atoms with Gasteiger partial charge in [0.25, 0.3) is 0 Å². The first-order valence-electron chi connectivity index (χ1n) is 6.32. The molecule has 0 N–H and O–H groups in total. The molecular formula is C15H19N3. The molecule has 2 rings (SSSR count). The fourth-order valence-corrected chi connectivity index (χ4v) is 1.79. The molecule has 3 nitrogen and oxygen atoms in total. The molecule has 0 saturated carbocycles. The van der Waals surface area contributed by atoms with Crippen molar-refractivity contribution in [3.05, 3.63) is 42.2 Å². The van der Waals surface area contributed by atoms with Crippen molar-refractivity contribution in [1.82, 2.24) is 15.0 Å². The molecule has 0 aliphatic carbocycles. The summed E-state index contributed by atoms with van der Waals surface area (Å²) in [5, 5.41) is 0. The maximum absolute atomic E-state index is 4.33. The third kappa shape index (κ3) is 2.73. The first kappa shape index (κ1) is 12.7. The molecule has 94 valence electrons. The van der Waals surface area contributed by atoms with E-state index < -0.39 is 0 Å². The lowest BCUT2D eigenvalue weighted by atomic mass is 9.90. The summed E-state index contributed by atoms with van der Waals surface area (Å²) in [5.74, 6) is 1.90. The van der Waals surface area contributed by atoms with E-state index in [1.807, 2.05) is 31.7 Å². The molecule has 18 heavy (non-hydrogen) atoms. The largest absolute Gasteiger partial charge is 0.264 e. The Morgan fingerprint density at radius 2 is 1.56 bits per heavy atom. The smallest absolute Gasteiger partial charge is 0.125 e. The monoisotopic (exact) mass is 241 g/mol. The van der Waals surface area contributed by atoms with Crippen LogP contribution in [0.5, 0.6) is 0 Å². The van der Waals surface area contributed by atoms with Gasteiger partial charge >= 0.3 is 0 Å². The number of aromatic nitrogens is 3. The summed E-state index contributed by atoms with van der Waals surface area (Å²) >= 11 is 0. The van der Waals surface area contributed by atoms with Crippen molar-refractivity contribution in [3.8, 4) is 11.1 Å². The second kappa shape index (κ2) is 5.25. The minimum Gasteiger partial charge on any atom is -0.264 e. The Bertz CT molecular complexity index is 518. The summed E-state index contributed by atoms with van der Waals surface area (Å²) in [4.78, 5) is 12.8. The molecular weight excluding hydrogens is 222 g/mol. The molecule has 0 aliphatic rings. The van der Waals surface area contributed by atoms with E-state index in [-0.39, 0.29) is 0 Å². The zero-order valence-electron chi connectivity index (χ0n) is 11.4. The van der Waals surface area contributed by atoms with Crippen LogP contribution in [0.3, 0.4) is 0 Å². The van der Waals surface area contributed by atoms with Gasteiger partial charge in [0.2, 0.25) is 0 Å². The number of pyridine rings is 1. The standard InChI is InChI=1S/C15H19N3/c1-10(2)11(3)13-5-14(7-16-6-13)15-8-17-12(4)18-9-15/h5-11H,1-4H3/t11-/m1/s1. The van der Waals surface area contributed by atoms with Crippen molar-refractivity contribution in [2.45, 2.75) is 33.6 Å². The Hall–Kier alpha value is -1.77. The lowest BCUT2D eigenvalue weighted by Gasteiger charge is -2.16. The maximum atomic E-state index is 4.33. The van der Waals surface area contributed by atoms with Crippen molar-refractivity contribution in [3.63, 3.8) is 0 Å². The van der Waals surface area contributed by atoms with Crippen molar-refractivity contribution >= 4 is 0 Å². The van der Waals surface area contributed by atoms with Gasteiger partial charge in [0.05, 0.1) is 0 Å².